The first kappa shape index (κ1) is 20.8. The van der Waals surface area contributed by atoms with Gasteiger partial charge in [-0.2, -0.15) is 5.10 Å². The van der Waals surface area contributed by atoms with Crippen molar-refractivity contribution in [2.75, 3.05) is 0 Å². The average molecular weight is 394 g/mol. The molecule has 2 aromatic carbocycles. The summed E-state index contributed by atoms with van der Waals surface area (Å²) in [6, 6.07) is 14.5. The van der Waals surface area contributed by atoms with Crippen LogP contribution >= 0.6 is 7.26 Å². The Morgan fingerprint density at radius 2 is 1.11 bits per heavy atom. The second kappa shape index (κ2) is 7.84. The highest BCUT2D eigenvalue weighted by Crippen LogP contribution is 2.59. The van der Waals surface area contributed by atoms with Gasteiger partial charge in [0.25, 0.3) is 0 Å². The highest BCUT2D eigenvalue weighted by Gasteiger charge is 2.50. The van der Waals surface area contributed by atoms with Crippen LogP contribution < -0.4 is 15.9 Å². The summed E-state index contributed by atoms with van der Waals surface area (Å²) < 4.78 is 2.11. The molecule has 0 saturated carbocycles. The molecule has 0 bridgehead atoms. The van der Waals surface area contributed by atoms with Crippen molar-refractivity contribution < 1.29 is 0 Å². The molecule has 28 heavy (non-hydrogen) atoms. The second-order valence-electron chi connectivity index (χ2n) is 8.78. The normalized spacial score (nSPS) is 12.2. The van der Waals surface area contributed by atoms with Gasteiger partial charge in [0.2, 0.25) is 0 Å². The van der Waals surface area contributed by atoms with Crippen LogP contribution in [-0.4, -0.2) is 15.4 Å². The van der Waals surface area contributed by atoms with Crippen LogP contribution in [0.3, 0.4) is 0 Å². The lowest BCUT2D eigenvalue weighted by molar-refractivity contribution is 0.533. The first-order valence-electron chi connectivity index (χ1n) is 10.3. The zero-order valence-corrected chi connectivity index (χ0v) is 19.5. The molecule has 148 valence electrons. The van der Waals surface area contributed by atoms with E-state index >= 15 is 0 Å². The number of nitrogens with zero attached hydrogens (tertiary/aromatic N) is 2. The van der Waals surface area contributed by atoms with Gasteiger partial charge in [-0.3, -0.25) is 4.68 Å². The Balaban J connectivity index is 2.42. The fourth-order valence-electron chi connectivity index (χ4n) is 4.44. The van der Waals surface area contributed by atoms with E-state index in [1.165, 1.54) is 38.2 Å². The fourth-order valence-corrected chi connectivity index (χ4v) is 9.29. The third-order valence-electron chi connectivity index (χ3n) is 5.53. The molecule has 3 aromatic rings. The summed E-state index contributed by atoms with van der Waals surface area (Å²) in [5.74, 6) is 0. The second-order valence-corrected chi connectivity index (χ2v) is 12.8. The van der Waals surface area contributed by atoms with E-state index in [4.69, 9.17) is 5.10 Å². The van der Waals surface area contributed by atoms with Crippen LogP contribution in [0.4, 0.5) is 0 Å². The first-order valence-corrected chi connectivity index (χ1v) is 12.1. The van der Waals surface area contributed by atoms with Crippen LogP contribution in [0.15, 0.2) is 48.8 Å². The molecule has 2 nitrogen and oxygen atoms in total. The van der Waals surface area contributed by atoms with Gasteiger partial charge in [-0.15, -0.1) is 0 Å². The Morgan fingerprint density at radius 1 is 0.679 bits per heavy atom. The number of hydrogen-bond acceptors (Lipinski definition) is 1. The Bertz CT molecular complexity index is 890. The predicted octanol–water partition coefficient (Wildman–Crippen LogP) is 5.40. The minimum absolute atomic E-state index is 0.362. The molecule has 0 N–H and O–H groups in total. The molecule has 0 atom stereocenters. The van der Waals surface area contributed by atoms with Crippen LogP contribution in [0.1, 0.15) is 56.0 Å². The van der Waals surface area contributed by atoms with E-state index in [1.54, 1.807) is 0 Å². The molecule has 0 saturated heterocycles. The molecule has 0 amide bonds. The van der Waals surface area contributed by atoms with E-state index in [-0.39, 0.29) is 0 Å². The summed E-state index contributed by atoms with van der Waals surface area (Å²) in [6.07, 6.45) is 4.43. The largest absolute Gasteiger partial charge is 0.266 e. The highest BCUT2D eigenvalue weighted by molar-refractivity contribution is 7.96. The fraction of sp³-hybridized carbons (Fsp3) is 0.400. The molecule has 3 heteroatoms. The molecular formula is C25H34N2P+. The van der Waals surface area contributed by atoms with Crippen molar-refractivity contribution in [1.82, 2.24) is 9.78 Å². The summed E-state index contributed by atoms with van der Waals surface area (Å²) in [5, 5.41) is 9.06. The van der Waals surface area contributed by atoms with Crippen molar-refractivity contribution in [2.45, 2.75) is 67.1 Å². The van der Waals surface area contributed by atoms with E-state index in [0.29, 0.717) is 11.7 Å². The maximum atomic E-state index is 4.75. The van der Waals surface area contributed by atoms with Gasteiger partial charge in [-0.05, 0) is 102 Å². The number of benzene rings is 2. The topological polar surface area (TPSA) is 17.8 Å². The zero-order chi connectivity index (χ0) is 20.6. The Labute approximate surface area is 171 Å². The molecule has 0 radical (unpaired) electrons. The van der Waals surface area contributed by atoms with E-state index in [9.17, 15) is 0 Å². The smallest absolute Gasteiger partial charge is 0.142 e. The van der Waals surface area contributed by atoms with Gasteiger partial charge in [0.1, 0.15) is 23.2 Å². The minimum atomic E-state index is -1.84. The molecule has 0 fully saturated rings. The van der Waals surface area contributed by atoms with Crippen molar-refractivity contribution in [2.24, 2.45) is 0 Å². The lowest BCUT2D eigenvalue weighted by Crippen LogP contribution is -2.37. The molecule has 0 aliphatic heterocycles. The van der Waals surface area contributed by atoms with E-state index in [0.717, 1.165) is 0 Å². The highest BCUT2D eigenvalue weighted by atomic mass is 31.2. The van der Waals surface area contributed by atoms with Crippen LogP contribution in [0, 0.1) is 27.7 Å². The van der Waals surface area contributed by atoms with E-state index in [2.05, 4.69) is 109 Å². The molecule has 0 aliphatic carbocycles. The van der Waals surface area contributed by atoms with Gasteiger partial charge in [0.15, 0.2) is 0 Å². The number of aromatic nitrogens is 2. The average Bonchev–Trinajstić information content (AvgIpc) is 3.04. The Morgan fingerprint density at radius 3 is 1.43 bits per heavy atom. The zero-order valence-electron chi connectivity index (χ0n) is 18.6. The van der Waals surface area contributed by atoms with Gasteiger partial charge < -0.3 is 0 Å². The summed E-state index contributed by atoms with van der Waals surface area (Å²) in [4.78, 5) is 0. The van der Waals surface area contributed by atoms with Crippen molar-refractivity contribution in [3.8, 4) is 0 Å². The van der Waals surface area contributed by atoms with Crippen LogP contribution in [0.2, 0.25) is 0 Å². The van der Waals surface area contributed by atoms with Gasteiger partial charge >= 0.3 is 0 Å². The standard InChI is InChI=1S/C25H34N2P/c1-17(2)27-16-25(15-26-27)28(18(3)4,23-11-19(5)9-20(6)12-23)24-13-21(7)10-22(8)14-24/h9-18H,1-8H3/q+1. The first-order chi connectivity index (χ1) is 13.1. The van der Waals surface area contributed by atoms with Gasteiger partial charge in [0, 0.05) is 6.04 Å². The predicted molar refractivity (Wildman–Crippen MR) is 125 cm³/mol. The van der Waals surface area contributed by atoms with Crippen molar-refractivity contribution >= 4 is 23.2 Å². The van der Waals surface area contributed by atoms with E-state index in [1.807, 2.05) is 0 Å². The van der Waals surface area contributed by atoms with Crippen LogP contribution in [0.25, 0.3) is 0 Å². The molecule has 3 rings (SSSR count). The molecule has 0 spiro atoms. The molecule has 1 aromatic heterocycles. The summed E-state index contributed by atoms with van der Waals surface area (Å²) in [7, 11) is -1.84. The monoisotopic (exact) mass is 393 g/mol. The number of aryl methyl sites for hydroxylation is 4. The Hall–Kier alpha value is -1.92. The van der Waals surface area contributed by atoms with E-state index < -0.39 is 7.26 Å². The maximum Gasteiger partial charge on any atom is 0.142 e. The number of hydrogen-bond donors (Lipinski definition) is 0. The third kappa shape index (κ3) is 3.67. The molecule has 0 unspecified atom stereocenters. The molecule has 0 aliphatic rings. The molecule has 1 heterocycles. The van der Waals surface area contributed by atoms with Crippen molar-refractivity contribution in [1.29, 1.82) is 0 Å². The van der Waals surface area contributed by atoms with Crippen LogP contribution in [-0.2, 0) is 0 Å². The van der Waals surface area contributed by atoms with Gasteiger partial charge in [-0.25, -0.2) is 0 Å². The SMILES string of the molecule is Cc1cc(C)cc([P+](c2cc(C)cc(C)c2)(c2cnn(C(C)C)c2)C(C)C)c1. The lowest BCUT2D eigenvalue weighted by atomic mass is 10.2. The van der Waals surface area contributed by atoms with Crippen molar-refractivity contribution in [3.05, 3.63) is 71.0 Å². The third-order valence-corrected chi connectivity index (χ3v) is 10.3. The minimum Gasteiger partial charge on any atom is -0.266 e. The summed E-state index contributed by atoms with van der Waals surface area (Å²) in [5.41, 5.74) is 5.82. The van der Waals surface area contributed by atoms with Gasteiger partial charge in [0.05, 0.1) is 18.1 Å². The van der Waals surface area contributed by atoms with Gasteiger partial charge in [-0.1, -0.05) is 12.1 Å². The summed E-state index contributed by atoms with van der Waals surface area (Å²) in [6.45, 7) is 18.0. The number of rotatable bonds is 5. The quantitative estimate of drug-likeness (QED) is 0.531. The lowest BCUT2D eigenvalue weighted by Gasteiger charge is -2.31. The van der Waals surface area contributed by atoms with Crippen LogP contribution in [0.5, 0.6) is 0 Å². The Kier molecular flexibility index (Phi) is 5.82. The molecular weight excluding hydrogens is 359 g/mol. The maximum absolute atomic E-state index is 4.75. The summed E-state index contributed by atoms with van der Waals surface area (Å²) >= 11 is 0. The van der Waals surface area contributed by atoms with Crippen molar-refractivity contribution in [3.63, 3.8) is 0 Å².